The number of rotatable bonds is 8. The van der Waals surface area contributed by atoms with Crippen molar-refractivity contribution in [1.29, 1.82) is 0 Å². The molecule has 1 aromatic rings. The number of hydrogen-bond acceptors (Lipinski definition) is 3. The summed E-state index contributed by atoms with van der Waals surface area (Å²) in [5.74, 6) is 1.95. The van der Waals surface area contributed by atoms with Crippen LogP contribution in [-0.4, -0.2) is 75.2 Å². The standard InChI is InChI=1S/C22H36N4O2.HI/c1-5-28-15-9-13-23-22(24-16-21(27)25(3)4)26-14-12-20(18(2)17-26)19-10-7-6-8-11-19;/h6-8,10-11,18,20H,5,9,12-17H2,1-4H3,(H,23,24);1H. The fourth-order valence-electron chi connectivity index (χ4n) is 3.60. The van der Waals surface area contributed by atoms with Gasteiger partial charge in [0.25, 0.3) is 0 Å². The van der Waals surface area contributed by atoms with E-state index >= 15 is 0 Å². The average molecular weight is 516 g/mol. The number of ether oxygens (including phenoxy) is 1. The van der Waals surface area contributed by atoms with Gasteiger partial charge < -0.3 is 19.9 Å². The van der Waals surface area contributed by atoms with Crippen LogP contribution in [0.1, 0.15) is 38.2 Å². The van der Waals surface area contributed by atoms with Crippen molar-refractivity contribution in [3.63, 3.8) is 0 Å². The van der Waals surface area contributed by atoms with Gasteiger partial charge in [-0.3, -0.25) is 4.79 Å². The van der Waals surface area contributed by atoms with Gasteiger partial charge in [0.15, 0.2) is 5.96 Å². The Morgan fingerprint density at radius 3 is 2.66 bits per heavy atom. The van der Waals surface area contributed by atoms with Crippen LogP contribution in [0.2, 0.25) is 0 Å². The van der Waals surface area contributed by atoms with Crippen molar-refractivity contribution in [2.45, 2.75) is 32.6 Å². The summed E-state index contributed by atoms with van der Waals surface area (Å²) in [5.41, 5.74) is 1.42. The number of benzene rings is 1. The first-order valence-electron chi connectivity index (χ1n) is 10.4. The maximum Gasteiger partial charge on any atom is 0.243 e. The molecule has 2 atom stereocenters. The SMILES string of the molecule is CCOCCCNC(=NCC(=O)N(C)C)N1CCC(c2ccccc2)C(C)C1.I. The van der Waals surface area contributed by atoms with Gasteiger partial charge in [-0.05, 0) is 37.2 Å². The first-order valence-corrected chi connectivity index (χ1v) is 10.4. The number of aliphatic imine (C=N–C) groups is 1. The number of nitrogens with one attached hydrogen (secondary N) is 1. The molecule has 2 unspecified atom stereocenters. The summed E-state index contributed by atoms with van der Waals surface area (Å²) >= 11 is 0. The normalized spacial score (nSPS) is 19.4. The minimum absolute atomic E-state index is 0. The second-order valence-electron chi connectivity index (χ2n) is 7.63. The van der Waals surface area contributed by atoms with E-state index in [1.165, 1.54) is 5.56 Å². The lowest BCUT2D eigenvalue weighted by Gasteiger charge is -2.39. The summed E-state index contributed by atoms with van der Waals surface area (Å²) in [6.07, 6.45) is 2.01. The predicted octanol–water partition coefficient (Wildman–Crippen LogP) is 3.19. The largest absolute Gasteiger partial charge is 0.382 e. The van der Waals surface area contributed by atoms with Gasteiger partial charge in [-0.2, -0.15) is 0 Å². The number of nitrogens with zero attached hydrogens (tertiary/aromatic N) is 3. The average Bonchev–Trinajstić information content (AvgIpc) is 2.70. The molecule has 6 nitrogen and oxygen atoms in total. The van der Waals surface area contributed by atoms with Gasteiger partial charge in [0.1, 0.15) is 6.54 Å². The van der Waals surface area contributed by atoms with Gasteiger partial charge in [-0.25, -0.2) is 4.99 Å². The number of hydrogen-bond donors (Lipinski definition) is 1. The molecule has 0 spiro atoms. The number of halogens is 1. The van der Waals surface area contributed by atoms with Gasteiger partial charge >= 0.3 is 0 Å². The van der Waals surface area contributed by atoms with E-state index in [1.807, 2.05) is 6.92 Å². The molecule has 1 aromatic carbocycles. The lowest BCUT2D eigenvalue weighted by atomic mass is 9.82. The lowest BCUT2D eigenvalue weighted by Crippen LogP contribution is -2.48. The van der Waals surface area contributed by atoms with E-state index in [4.69, 9.17) is 4.74 Å². The molecule has 1 heterocycles. The van der Waals surface area contributed by atoms with Crippen molar-refractivity contribution in [1.82, 2.24) is 15.1 Å². The Balaban J connectivity index is 0.00000420. The molecule has 1 N–H and O–H groups in total. The summed E-state index contributed by atoms with van der Waals surface area (Å²) < 4.78 is 5.42. The van der Waals surface area contributed by atoms with Crippen molar-refractivity contribution < 1.29 is 9.53 Å². The molecule has 7 heteroatoms. The number of amides is 1. The molecule has 1 amide bonds. The Morgan fingerprint density at radius 2 is 2.03 bits per heavy atom. The van der Waals surface area contributed by atoms with E-state index < -0.39 is 0 Å². The lowest BCUT2D eigenvalue weighted by molar-refractivity contribution is -0.127. The number of likely N-dealkylation sites (N-methyl/N-ethyl adjacent to an activating group) is 1. The van der Waals surface area contributed by atoms with Crippen LogP contribution in [0.5, 0.6) is 0 Å². The summed E-state index contributed by atoms with van der Waals surface area (Å²) in [7, 11) is 3.53. The van der Waals surface area contributed by atoms with Crippen molar-refractivity contribution in [3.8, 4) is 0 Å². The minimum Gasteiger partial charge on any atom is -0.382 e. The van der Waals surface area contributed by atoms with E-state index in [9.17, 15) is 4.79 Å². The Morgan fingerprint density at radius 1 is 1.31 bits per heavy atom. The van der Waals surface area contributed by atoms with Gasteiger partial charge in [-0.1, -0.05) is 37.3 Å². The fraction of sp³-hybridized carbons (Fsp3) is 0.636. The van der Waals surface area contributed by atoms with Crippen molar-refractivity contribution in [2.75, 3.05) is 53.5 Å². The topological polar surface area (TPSA) is 57.2 Å². The molecule has 0 aromatic heterocycles. The van der Waals surface area contributed by atoms with Gasteiger partial charge in [0, 0.05) is 46.9 Å². The maximum absolute atomic E-state index is 12.0. The molecule has 2 rings (SSSR count). The third kappa shape index (κ3) is 8.50. The number of guanidine groups is 1. The van der Waals surface area contributed by atoms with Crippen LogP contribution in [0, 0.1) is 5.92 Å². The van der Waals surface area contributed by atoms with Crippen molar-refractivity contribution in [3.05, 3.63) is 35.9 Å². The first-order chi connectivity index (χ1) is 13.5. The molecule has 1 aliphatic heterocycles. The third-order valence-electron chi connectivity index (χ3n) is 5.25. The number of carbonyl (C=O) groups excluding carboxylic acids is 1. The summed E-state index contributed by atoms with van der Waals surface area (Å²) in [6.45, 7) is 8.63. The van der Waals surface area contributed by atoms with Crippen LogP contribution >= 0.6 is 24.0 Å². The summed E-state index contributed by atoms with van der Waals surface area (Å²) in [6, 6.07) is 10.8. The van der Waals surface area contributed by atoms with E-state index in [0.29, 0.717) is 11.8 Å². The van der Waals surface area contributed by atoms with Crippen molar-refractivity contribution >= 4 is 35.8 Å². The highest BCUT2D eigenvalue weighted by Gasteiger charge is 2.28. The smallest absolute Gasteiger partial charge is 0.243 e. The van der Waals surface area contributed by atoms with Crippen LogP contribution in [0.15, 0.2) is 35.3 Å². The molecule has 29 heavy (non-hydrogen) atoms. The Bertz CT molecular complexity index is 624. The number of carbonyl (C=O) groups is 1. The zero-order valence-corrected chi connectivity index (χ0v) is 20.6. The first kappa shape index (κ1) is 25.7. The highest BCUT2D eigenvalue weighted by molar-refractivity contribution is 14.0. The maximum atomic E-state index is 12.0. The zero-order chi connectivity index (χ0) is 20.4. The second kappa shape index (κ2) is 13.8. The van der Waals surface area contributed by atoms with E-state index in [2.05, 4.69) is 52.5 Å². The molecule has 0 radical (unpaired) electrons. The molecule has 1 saturated heterocycles. The van der Waals surface area contributed by atoms with E-state index in [1.54, 1.807) is 19.0 Å². The molecule has 0 aliphatic carbocycles. The Kier molecular flexibility index (Phi) is 12.2. The summed E-state index contributed by atoms with van der Waals surface area (Å²) in [5, 5.41) is 3.44. The van der Waals surface area contributed by atoms with E-state index in [0.717, 1.165) is 51.6 Å². The quantitative estimate of drug-likeness (QED) is 0.250. The Labute approximate surface area is 193 Å². The summed E-state index contributed by atoms with van der Waals surface area (Å²) in [4.78, 5) is 20.5. The van der Waals surface area contributed by atoms with Gasteiger partial charge in [-0.15, -0.1) is 24.0 Å². The number of piperidine rings is 1. The molecular weight excluding hydrogens is 479 g/mol. The van der Waals surface area contributed by atoms with E-state index in [-0.39, 0.29) is 36.4 Å². The molecule has 1 aliphatic rings. The molecule has 1 fully saturated rings. The highest BCUT2D eigenvalue weighted by Crippen LogP contribution is 2.32. The molecule has 0 saturated carbocycles. The van der Waals surface area contributed by atoms with Gasteiger partial charge in [0.2, 0.25) is 5.91 Å². The van der Waals surface area contributed by atoms with Crippen LogP contribution < -0.4 is 5.32 Å². The minimum atomic E-state index is 0. The number of likely N-dealkylation sites (tertiary alicyclic amines) is 1. The zero-order valence-electron chi connectivity index (χ0n) is 18.3. The predicted molar refractivity (Wildman–Crippen MR) is 130 cm³/mol. The highest BCUT2D eigenvalue weighted by atomic mass is 127. The fourth-order valence-corrected chi connectivity index (χ4v) is 3.60. The van der Waals surface area contributed by atoms with Crippen LogP contribution in [0.3, 0.4) is 0 Å². The third-order valence-corrected chi connectivity index (χ3v) is 5.25. The molecule has 164 valence electrons. The van der Waals surface area contributed by atoms with Gasteiger partial charge in [0.05, 0.1) is 0 Å². The molecule has 0 bridgehead atoms. The Hall–Kier alpha value is -1.35. The molecular formula is C22H37IN4O2. The van der Waals surface area contributed by atoms with Crippen LogP contribution in [0.25, 0.3) is 0 Å². The monoisotopic (exact) mass is 516 g/mol. The van der Waals surface area contributed by atoms with Crippen molar-refractivity contribution in [2.24, 2.45) is 10.9 Å². The van der Waals surface area contributed by atoms with Crippen LogP contribution in [0.4, 0.5) is 0 Å². The van der Waals surface area contributed by atoms with Crippen LogP contribution in [-0.2, 0) is 9.53 Å². The second-order valence-corrected chi connectivity index (χ2v) is 7.63.